The van der Waals surface area contributed by atoms with Gasteiger partial charge in [-0.1, -0.05) is 24.3 Å². The van der Waals surface area contributed by atoms with E-state index < -0.39 is 0 Å². The fraction of sp³-hybridized carbons (Fsp3) is 0.471. The molecule has 2 heterocycles. The molecule has 0 aliphatic carbocycles. The summed E-state index contributed by atoms with van der Waals surface area (Å²) in [5.74, 6) is 5.70. The molecule has 1 aliphatic heterocycles. The largest absolute Gasteiger partial charge is 0.378 e. The molecular formula is C17H23N3O. The summed E-state index contributed by atoms with van der Waals surface area (Å²) in [5.41, 5.74) is 5.06. The van der Waals surface area contributed by atoms with Gasteiger partial charge < -0.3 is 4.74 Å². The molecule has 112 valence electrons. The summed E-state index contributed by atoms with van der Waals surface area (Å²) >= 11 is 0. The maximum atomic E-state index is 5.70. The number of hydrogen-bond acceptors (Lipinski definition) is 4. The van der Waals surface area contributed by atoms with Crippen LogP contribution >= 0.6 is 0 Å². The summed E-state index contributed by atoms with van der Waals surface area (Å²) in [5, 5.41) is 1.18. The minimum Gasteiger partial charge on any atom is -0.378 e. The van der Waals surface area contributed by atoms with Gasteiger partial charge in [-0.15, -0.1) is 0 Å². The Hall–Kier alpha value is -1.49. The average Bonchev–Trinajstić information content (AvgIpc) is 3.04. The number of hydrazine groups is 1. The number of nitrogens with two attached hydrogens (primary N) is 1. The molecular weight excluding hydrogens is 262 g/mol. The highest BCUT2D eigenvalue weighted by Crippen LogP contribution is 2.19. The van der Waals surface area contributed by atoms with Crippen LogP contribution < -0.4 is 11.3 Å². The highest BCUT2D eigenvalue weighted by molar-refractivity contribution is 5.78. The van der Waals surface area contributed by atoms with Crippen molar-refractivity contribution in [1.29, 1.82) is 0 Å². The standard InChI is InChI=1S/C17H23N3O/c18-20-15(9-10-16-5-3-11-21-16)12-14-8-7-13-4-1-2-6-17(13)19-14/h1-2,4,6-8,15-16,20H,3,5,9-12,18H2. The van der Waals surface area contributed by atoms with Gasteiger partial charge in [-0.05, 0) is 37.8 Å². The minimum absolute atomic E-state index is 0.253. The predicted molar refractivity (Wildman–Crippen MR) is 84.8 cm³/mol. The van der Waals surface area contributed by atoms with Gasteiger partial charge in [0.2, 0.25) is 0 Å². The van der Waals surface area contributed by atoms with Crippen molar-refractivity contribution >= 4 is 10.9 Å². The molecule has 2 unspecified atom stereocenters. The lowest BCUT2D eigenvalue weighted by Gasteiger charge is -2.17. The van der Waals surface area contributed by atoms with Gasteiger partial charge in [-0.2, -0.15) is 0 Å². The molecule has 3 rings (SSSR count). The maximum absolute atomic E-state index is 5.70. The molecule has 0 radical (unpaired) electrons. The molecule has 0 spiro atoms. The Morgan fingerprint density at radius 2 is 2.19 bits per heavy atom. The van der Waals surface area contributed by atoms with Crippen LogP contribution in [0.5, 0.6) is 0 Å². The van der Waals surface area contributed by atoms with Crippen LogP contribution in [0.2, 0.25) is 0 Å². The molecule has 1 aromatic heterocycles. The van der Waals surface area contributed by atoms with Crippen molar-refractivity contribution in [3.63, 3.8) is 0 Å². The zero-order chi connectivity index (χ0) is 14.5. The van der Waals surface area contributed by atoms with E-state index in [2.05, 4.69) is 29.7 Å². The molecule has 21 heavy (non-hydrogen) atoms. The molecule has 2 atom stereocenters. The first kappa shape index (κ1) is 14.4. The van der Waals surface area contributed by atoms with Gasteiger partial charge in [0.1, 0.15) is 0 Å². The van der Waals surface area contributed by atoms with E-state index in [1.165, 1.54) is 18.2 Å². The van der Waals surface area contributed by atoms with Crippen LogP contribution in [0.3, 0.4) is 0 Å². The molecule has 1 fully saturated rings. The predicted octanol–water partition coefficient (Wildman–Crippen LogP) is 2.57. The summed E-state index contributed by atoms with van der Waals surface area (Å²) in [6.07, 6.45) is 5.75. The van der Waals surface area contributed by atoms with Crippen LogP contribution in [-0.4, -0.2) is 23.7 Å². The number of ether oxygens (including phenoxy) is 1. The van der Waals surface area contributed by atoms with Gasteiger partial charge in [0.25, 0.3) is 0 Å². The Morgan fingerprint density at radius 1 is 1.29 bits per heavy atom. The van der Waals surface area contributed by atoms with Crippen molar-refractivity contribution in [2.75, 3.05) is 6.61 Å². The molecule has 1 saturated heterocycles. The van der Waals surface area contributed by atoms with Crippen LogP contribution in [0, 0.1) is 0 Å². The van der Waals surface area contributed by atoms with Crippen LogP contribution in [-0.2, 0) is 11.2 Å². The second-order valence-corrected chi connectivity index (χ2v) is 5.78. The summed E-state index contributed by atoms with van der Waals surface area (Å²) in [6.45, 7) is 0.914. The second-order valence-electron chi connectivity index (χ2n) is 5.78. The van der Waals surface area contributed by atoms with Gasteiger partial charge in [0.05, 0.1) is 11.6 Å². The molecule has 3 N–H and O–H groups in total. The van der Waals surface area contributed by atoms with Gasteiger partial charge >= 0.3 is 0 Å². The maximum Gasteiger partial charge on any atom is 0.0705 e. The van der Waals surface area contributed by atoms with Crippen molar-refractivity contribution in [2.24, 2.45) is 5.84 Å². The quantitative estimate of drug-likeness (QED) is 0.632. The van der Waals surface area contributed by atoms with Crippen molar-refractivity contribution in [3.8, 4) is 0 Å². The Morgan fingerprint density at radius 3 is 3.00 bits per heavy atom. The van der Waals surface area contributed by atoms with Gasteiger partial charge in [-0.3, -0.25) is 16.3 Å². The number of hydrogen-bond donors (Lipinski definition) is 2. The SMILES string of the molecule is NNC(CCC1CCCO1)Cc1ccc2ccccc2n1. The number of nitrogens with one attached hydrogen (secondary N) is 1. The van der Waals surface area contributed by atoms with Gasteiger partial charge in [0, 0.05) is 30.1 Å². The highest BCUT2D eigenvalue weighted by Gasteiger charge is 2.18. The molecule has 4 heteroatoms. The zero-order valence-electron chi connectivity index (χ0n) is 12.3. The topological polar surface area (TPSA) is 60.2 Å². The Bertz CT molecular complexity index is 581. The van der Waals surface area contributed by atoms with Crippen molar-refractivity contribution in [3.05, 3.63) is 42.1 Å². The first-order chi connectivity index (χ1) is 10.3. The smallest absolute Gasteiger partial charge is 0.0705 e. The van der Waals surface area contributed by atoms with Crippen LogP contribution in [0.25, 0.3) is 10.9 Å². The van der Waals surface area contributed by atoms with Crippen LogP contribution in [0.4, 0.5) is 0 Å². The zero-order valence-corrected chi connectivity index (χ0v) is 12.3. The number of fused-ring (bicyclic) bond motifs is 1. The van der Waals surface area contributed by atoms with Crippen LogP contribution in [0.1, 0.15) is 31.4 Å². The van der Waals surface area contributed by atoms with E-state index in [1.54, 1.807) is 0 Å². The van der Waals surface area contributed by atoms with Gasteiger partial charge in [-0.25, -0.2) is 0 Å². The molecule has 2 aromatic rings. The molecule has 1 aliphatic rings. The lowest BCUT2D eigenvalue weighted by Crippen LogP contribution is -2.37. The number of pyridine rings is 1. The molecule has 0 amide bonds. The minimum atomic E-state index is 0.253. The number of nitrogens with zero attached hydrogens (tertiary/aromatic N) is 1. The normalized spacial score (nSPS) is 20.0. The fourth-order valence-corrected chi connectivity index (χ4v) is 2.98. The highest BCUT2D eigenvalue weighted by atomic mass is 16.5. The van der Waals surface area contributed by atoms with E-state index >= 15 is 0 Å². The summed E-state index contributed by atoms with van der Waals surface area (Å²) in [4.78, 5) is 4.72. The van der Waals surface area contributed by atoms with E-state index in [1.807, 2.05) is 12.1 Å². The lowest BCUT2D eigenvalue weighted by atomic mass is 10.0. The van der Waals surface area contributed by atoms with Crippen LogP contribution in [0.15, 0.2) is 36.4 Å². The Kier molecular flexibility index (Phi) is 4.80. The first-order valence-corrected chi connectivity index (χ1v) is 7.77. The molecule has 0 saturated carbocycles. The van der Waals surface area contributed by atoms with E-state index in [4.69, 9.17) is 15.6 Å². The third-order valence-electron chi connectivity index (χ3n) is 4.21. The van der Waals surface area contributed by atoms with E-state index in [0.717, 1.165) is 37.1 Å². The third-order valence-corrected chi connectivity index (χ3v) is 4.21. The Balaban J connectivity index is 1.61. The van der Waals surface area contributed by atoms with E-state index in [0.29, 0.717) is 6.10 Å². The summed E-state index contributed by atoms with van der Waals surface area (Å²) in [7, 11) is 0. The second kappa shape index (κ2) is 6.98. The third kappa shape index (κ3) is 3.79. The molecule has 4 nitrogen and oxygen atoms in total. The monoisotopic (exact) mass is 285 g/mol. The summed E-state index contributed by atoms with van der Waals surface area (Å²) in [6, 6.07) is 12.7. The van der Waals surface area contributed by atoms with Crippen molar-refractivity contribution < 1.29 is 4.74 Å². The van der Waals surface area contributed by atoms with E-state index in [9.17, 15) is 0 Å². The average molecular weight is 285 g/mol. The molecule has 1 aromatic carbocycles. The van der Waals surface area contributed by atoms with Crippen molar-refractivity contribution in [1.82, 2.24) is 10.4 Å². The first-order valence-electron chi connectivity index (χ1n) is 7.77. The van der Waals surface area contributed by atoms with E-state index in [-0.39, 0.29) is 6.04 Å². The van der Waals surface area contributed by atoms with Crippen molar-refractivity contribution in [2.45, 2.75) is 44.2 Å². The van der Waals surface area contributed by atoms with Gasteiger partial charge in [0.15, 0.2) is 0 Å². The summed E-state index contributed by atoms with van der Waals surface area (Å²) < 4.78 is 5.67. The number of benzene rings is 1. The Labute approximate surface area is 125 Å². The number of para-hydroxylation sites is 1. The number of aromatic nitrogens is 1. The lowest BCUT2D eigenvalue weighted by molar-refractivity contribution is 0.0995. The molecule has 0 bridgehead atoms. The fourth-order valence-electron chi connectivity index (χ4n) is 2.98. The number of rotatable bonds is 6.